The average molecular weight is 178 g/mol. The van der Waals surface area contributed by atoms with Gasteiger partial charge in [0.15, 0.2) is 11.5 Å². The number of fused-ring (bicyclic) bond motifs is 1. The lowest BCUT2D eigenvalue weighted by Gasteiger charge is -2.00. The zero-order valence-corrected chi connectivity index (χ0v) is 7.28. The fourth-order valence-electron chi connectivity index (χ4n) is 1.18. The molecule has 0 fully saturated rings. The summed E-state index contributed by atoms with van der Waals surface area (Å²) in [6.07, 6.45) is 0. The molecule has 0 aromatic heterocycles. The third-order valence-corrected chi connectivity index (χ3v) is 1.91. The fourth-order valence-corrected chi connectivity index (χ4v) is 1.18. The number of aliphatic imine (C=N–C) groups is 1. The second kappa shape index (κ2) is 2.97. The molecule has 0 radical (unpaired) electrons. The molecule has 2 rings (SSSR count). The Morgan fingerprint density at radius 3 is 2.92 bits per heavy atom. The van der Waals surface area contributed by atoms with E-state index in [0.717, 1.165) is 17.1 Å². The Morgan fingerprint density at radius 2 is 2.15 bits per heavy atom. The van der Waals surface area contributed by atoms with Crippen molar-refractivity contribution in [2.24, 2.45) is 10.7 Å². The average Bonchev–Trinajstić information content (AvgIpc) is 2.63. The SMILES string of the molecule is CN=C(N)c1ccc2c(c1)OCO2. The van der Waals surface area contributed by atoms with Crippen LogP contribution in [-0.4, -0.2) is 19.7 Å². The van der Waals surface area contributed by atoms with Crippen molar-refractivity contribution in [1.82, 2.24) is 0 Å². The lowest BCUT2D eigenvalue weighted by atomic mass is 10.2. The van der Waals surface area contributed by atoms with Crippen molar-refractivity contribution in [2.75, 3.05) is 13.8 Å². The van der Waals surface area contributed by atoms with Crippen LogP contribution in [0.2, 0.25) is 0 Å². The number of nitrogens with two attached hydrogens (primary N) is 1. The van der Waals surface area contributed by atoms with Gasteiger partial charge in [-0.25, -0.2) is 0 Å². The van der Waals surface area contributed by atoms with E-state index in [-0.39, 0.29) is 6.79 Å². The van der Waals surface area contributed by atoms with Gasteiger partial charge in [0.05, 0.1) is 0 Å². The smallest absolute Gasteiger partial charge is 0.231 e. The molecule has 68 valence electrons. The highest BCUT2D eigenvalue weighted by molar-refractivity contribution is 5.97. The second-order valence-corrected chi connectivity index (χ2v) is 2.68. The number of hydrogen-bond donors (Lipinski definition) is 1. The molecule has 13 heavy (non-hydrogen) atoms. The van der Waals surface area contributed by atoms with Gasteiger partial charge in [-0.1, -0.05) is 0 Å². The van der Waals surface area contributed by atoms with Crippen LogP contribution in [0.3, 0.4) is 0 Å². The van der Waals surface area contributed by atoms with E-state index >= 15 is 0 Å². The molecular weight excluding hydrogens is 168 g/mol. The van der Waals surface area contributed by atoms with E-state index in [0.29, 0.717) is 5.84 Å². The van der Waals surface area contributed by atoms with E-state index in [4.69, 9.17) is 15.2 Å². The Kier molecular flexibility index (Phi) is 1.81. The van der Waals surface area contributed by atoms with E-state index in [1.54, 1.807) is 7.05 Å². The minimum Gasteiger partial charge on any atom is -0.454 e. The van der Waals surface area contributed by atoms with Gasteiger partial charge in [0.25, 0.3) is 0 Å². The van der Waals surface area contributed by atoms with Crippen LogP contribution in [0.5, 0.6) is 11.5 Å². The summed E-state index contributed by atoms with van der Waals surface area (Å²) in [7, 11) is 1.65. The first-order chi connectivity index (χ1) is 6.31. The molecule has 0 atom stereocenters. The molecule has 1 aromatic carbocycles. The second-order valence-electron chi connectivity index (χ2n) is 2.68. The van der Waals surface area contributed by atoms with Crippen LogP contribution in [0, 0.1) is 0 Å². The molecule has 1 aliphatic rings. The van der Waals surface area contributed by atoms with Crippen molar-refractivity contribution < 1.29 is 9.47 Å². The third kappa shape index (κ3) is 1.30. The molecule has 0 spiro atoms. The maximum absolute atomic E-state index is 5.64. The minimum absolute atomic E-state index is 0.280. The van der Waals surface area contributed by atoms with Gasteiger partial charge in [-0.2, -0.15) is 0 Å². The van der Waals surface area contributed by atoms with Gasteiger partial charge in [0, 0.05) is 12.6 Å². The Hall–Kier alpha value is -1.71. The molecule has 0 saturated carbocycles. The summed E-state index contributed by atoms with van der Waals surface area (Å²) in [5.41, 5.74) is 6.50. The van der Waals surface area contributed by atoms with Crippen molar-refractivity contribution >= 4 is 5.84 Å². The van der Waals surface area contributed by atoms with E-state index in [2.05, 4.69) is 4.99 Å². The first kappa shape index (κ1) is 7.91. The Labute approximate surface area is 76.0 Å². The van der Waals surface area contributed by atoms with Crippen LogP contribution in [0.15, 0.2) is 23.2 Å². The van der Waals surface area contributed by atoms with Crippen molar-refractivity contribution in [3.05, 3.63) is 23.8 Å². The number of benzene rings is 1. The number of amidine groups is 1. The van der Waals surface area contributed by atoms with E-state index in [1.807, 2.05) is 18.2 Å². The number of rotatable bonds is 1. The maximum Gasteiger partial charge on any atom is 0.231 e. The molecule has 1 aliphatic heterocycles. The predicted molar refractivity (Wildman–Crippen MR) is 49.2 cm³/mol. The summed E-state index contributed by atoms with van der Waals surface area (Å²) < 4.78 is 10.4. The highest BCUT2D eigenvalue weighted by Crippen LogP contribution is 2.32. The Balaban J connectivity index is 2.41. The molecular formula is C9H10N2O2. The van der Waals surface area contributed by atoms with Gasteiger partial charge in [-0.05, 0) is 18.2 Å². The minimum atomic E-state index is 0.280. The lowest BCUT2D eigenvalue weighted by molar-refractivity contribution is 0.174. The van der Waals surface area contributed by atoms with E-state index in [1.165, 1.54) is 0 Å². The first-order valence-electron chi connectivity index (χ1n) is 3.93. The van der Waals surface area contributed by atoms with E-state index < -0.39 is 0 Å². The van der Waals surface area contributed by atoms with Crippen LogP contribution >= 0.6 is 0 Å². The van der Waals surface area contributed by atoms with Gasteiger partial charge < -0.3 is 15.2 Å². The standard InChI is InChI=1S/C9H10N2O2/c1-11-9(10)6-2-3-7-8(4-6)13-5-12-7/h2-4H,5H2,1H3,(H2,10,11). The largest absolute Gasteiger partial charge is 0.454 e. The Bertz CT molecular complexity index is 361. The molecule has 0 amide bonds. The normalized spacial score (nSPS) is 14.7. The fraction of sp³-hybridized carbons (Fsp3) is 0.222. The Morgan fingerprint density at radius 1 is 1.38 bits per heavy atom. The molecule has 0 bridgehead atoms. The van der Waals surface area contributed by atoms with Crippen LogP contribution in [0.4, 0.5) is 0 Å². The van der Waals surface area contributed by atoms with Crippen LogP contribution < -0.4 is 15.2 Å². The lowest BCUT2D eigenvalue weighted by Crippen LogP contribution is -2.12. The van der Waals surface area contributed by atoms with Crippen molar-refractivity contribution in [2.45, 2.75) is 0 Å². The van der Waals surface area contributed by atoms with Crippen LogP contribution in [0.1, 0.15) is 5.56 Å². The number of ether oxygens (including phenoxy) is 2. The number of hydrogen-bond acceptors (Lipinski definition) is 3. The quantitative estimate of drug-likeness (QED) is 0.510. The topological polar surface area (TPSA) is 56.8 Å². The molecule has 2 N–H and O–H groups in total. The van der Waals surface area contributed by atoms with Gasteiger partial charge in [0.1, 0.15) is 5.84 Å². The van der Waals surface area contributed by atoms with Crippen molar-refractivity contribution in [3.63, 3.8) is 0 Å². The number of nitrogens with zero attached hydrogens (tertiary/aromatic N) is 1. The zero-order chi connectivity index (χ0) is 9.26. The molecule has 0 saturated heterocycles. The van der Waals surface area contributed by atoms with Crippen LogP contribution in [0.25, 0.3) is 0 Å². The van der Waals surface area contributed by atoms with Gasteiger partial charge in [-0.15, -0.1) is 0 Å². The van der Waals surface area contributed by atoms with Gasteiger partial charge in [0.2, 0.25) is 6.79 Å². The molecule has 4 heteroatoms. The summed E-state index contributed by atoms with van der Waals surface area (Å²) in [5.74, 6) is 1.98. The summed E-state index contributed by atoms with van der Waals surface area (Å²) in [6.45, 7) is 0.280. The van der Waals surface area contributed by atoms with Crippen molar-refractivity contribution in [1.29, 1.82) is 0 Å². The summed E-state index contributed by atoms with van der Waals surface area (Å²) >= 11 is 0. The van der Waals surface area contributed by atoms with Gasteiger partial charge >= 0.3 is 0 Å². The highest BCUT2D eigenvalue weighted by Gasteiger charge is 2.13. The summed E-state index contributed by atoms with van der Waals surface area (Å²) in [6, 6.07) is 5.51. The maximum atomic E-state index is 5.64. The van der Waals surface area contributed by atoms with Crippen molar-refractivity contribution in [3.8, 4) is 11.5 Å². The zero-order valence-electron chi connectivity index (χ0n) is 7.28. The highest BCUT2D eigenvalue weighted by atomic mass is 16.7. The van der Waals surface area contributed by atoms with Crippen LogP contribution in [-0.2, 0) is 0 Å². The molecule has 0 aliphatic carbocycles. The van der Waals surface area contributed by atoms with E-state index in [9.17, 15) is 0 Å². The monoisotopic (exact) mass is 178 g/mol. The molecule has 1 aromatic rings. The first-order valence-corrected chi connectivity index (χ1v) is 3.93. The summed E-state index contributed by atoms with van der Waals surface area (Å²) in [4.78, 5) is 3.88. The van der Waals surface area contributed by atoms with Gasteiger partial charge in [-0.3, -0.25) is 4.99 Å². The summed E-state index contributed by atoms with van der Waals surface area (Å²) in [5, 5.41) is 0. The molecule has 0 unspecified atom stereocenters. The molecule has 1 heterocycles. The predicted octanol–water partition coefficient (Wildman–Crippen LogP) is 0.750. The molecule has 4 nitrogen and oxygen atoms in total. The third-order valence-electron chi connectivity index (χ3n) is 1.91.